The molecule has 7 heteroatoms. The second-order valence-corrected chi connectivity index (χ2v) is 9.33. The maximum atomic E-state index is 13.4. The molecule has 1 aliphatic carbocycles. The molecule has 0 bridgehead atoms. The maximum Gasteiger partial charge on any atom is 0.408 e. The molecular formula is C26H35N3O4. The van der Waals surface area contributed by atoms with Gasteiger partial charge in [0, 0.05) is 12.1 Å². The Balaban J connectivity index is 2.30. The molecule has 1 aromatic rings. The van der Waals surface area contributed by atoms with Crippen molar-refractivity contribution in [1.29, 1.82) is 0 Å². The van der Waals surface area contributed by atoms with Crippen LogP contribution in [0, 0.1) is 12.5 Å². The molecule has 1 aromatic carbocycles. The maximum absolute atomic E-state index is 13.4. The fraction of sp³-hybridized carbons (Fsp3) is 0.500. The standard InChI is InChI=1S/C26H35N3O4/c1-7-19-13-12-14-20(17-19)22(23(30)28-21-15-10-9-11-16-21)29(8-2)24(31)18(3)27-25(32)33-26(4,5)6/h2,7,12-14,17-18,21-22H,1,9-11,15-16H2,3-6H3,(H,27,32)(H,28,30). The van der Waals surface area contributed by atoms with Gasteiger partial charge in [0.25, 0.3) is 5.91 Å². The minimum Gasteiger partial charge on any atom is -0.444 e. The van der Waals surface area contributed by atoms with Crippen LogP contribution in [0.2, 0.25) is 0 Å². The highest BCUT2D eigenvalue weighted by Crippen LogP contribution is 2.25. The van der Waals surface area contributed by atoms with Crippen molar-refractivity contribution in [2.24, 2.45) is 0 Å². The van der Waals surface area contributed by atoms with Crippen LogP contribution in [0.15, 0.2) is 30.8 Å². The first-order valence-electron chi connectivity index (χ1n) is 11.4. The SMILES string of the molecule is C#CN(C(=O)C(C)NC(=O)OC(C)(C)C)C(C(=O)NC1CCCCC1)c1cccc(C=C)c1. The molecule has 0 spiro atoms. The molecule has 1 aliphatic rings. The van der Waals surface area contributed by atoms with E-state index in [0.29, 0.717) is 5.56 Å². The summed E-state index contributed by atoms with van der Waals surface area (Å²) in [5, 5.41) is 5.57. The number of alkyl carbamates (subject to hydrolysis) is 1. The topological polar surface area (TPSA) is 87.7 Å². The van der Waals surface area contributed by atoms with Gasteiger partial charge in [0.15, 0.2) is 0 Å². The molecule has 1 saturated carbocycles. The molecule has 0 aliphatic heterocycles. The number of amides is 3. The highest BCUT2D eigenvalue weighted by Gasteiger charge is 2.35. The van der Waals surface area contributed by atoms with Gasteiger partial charge in [-0.05, 0) is 57.7 Å². The van der Waals surface area contributed by atoms with E-state index in [2.05, 4.69) is 23.3 Å². The number of carbonyl (C=O) groups is 3. The van der Waals surface area contributed by atoms with E-state index < -0.39 is 29.7 Å². The van der Waals surface area contributed by atoms with Crippen molar-refractivity contribution in [2.45, 2.75) is 83.5 Å². The van der Waals surface area contributed by atoms with Crippen LogP contribution in [0.5, 0.6) is 0 Å². The molecule has 178 valence electrons. The molecule has 0 aromatic heterocycles. The summed E-state index contributed by atoms with van der Waals surface area (Å²) in [7, 11) is 0. The Labute approximate surface area is 196 Å². The molecule has 0 radical (unpaired) electrons. The van der Waals surface area contributed by atoms with E-state index in [1.807, 2.05) is 6.07 Å². The highest BCUT2D eigenvalue weighted by molar-refractivity contribution is 5.93. The van der Waals surface area contributed by atoms with E-state index in [0.717, 1.165) is 42.6 Å². The number of nitrogens with zero attached hydrogens (tertiary/aromatic N) is 1. The molecule has 0 heterocycles. The minimum absolute atomic E-state index is 0.0448. The molecule has 0 saturated heterocycles. The third kappa shape index (κ3) is 7.67. The van der Waals surface area contributed by atoms with Gasteiger partial charge < -0.3 is 15.4 Å². The zero-order valence-electron chi connectivity index (χ0n) is 20.0. The van der Waals surface area contributed by atoms with Gasteiger partial charge in [-0.15, -0.1) is 0 Å². The molecule has 3 amide bonds. The minimum atomic E-state index is -1.05. The number of hydrogen-bond acceptors (Lipinski definition) is 4. The number of nitrogens with one attached hydrogen (secondary N) is 2. The third-order valence-electron chi connectivity index (χ3n) is 5.40. The van der Waals surface area contributed by atoms with E-state index in [9.17, 15) is 14.4 Å². The zero-order chi connectivity index (χ0) is 24.6. The summed E-state index contributed by atoms with van der Waals surface area (Å²) in [4.78, 5) is 39.9. The molecule has 2 unspecified atom stereocenters. The largest absolute Gasteiger partial charge is 0.444 e. The Morgan fingerprint density at radius 2 is 1.91 bits per heavy atom. The number of terminal acetylenes is 1. The predicted molar refractivity (Wildman–Crippen MR) is 129 cm³/mol. The first-order valence-corrected chi connectivity index (χ1v) is 11.4. The molecule has 2 N–H and O–H groups in total. The molecule has 2 rings (SSSR count). The average Bonchev–Trinajstić information content (AvgIpc) is 2.76. The number of hydrogen-bond donors (Lipinski definition) is 2. The van der Waals surface area contributed by atoms with E-state index in [1.165, 1.54) is 6.92 Å². The van der Waals surface area contributed by atoms with Gasteiger partial charge in [0.2, 0.25) is 5.91 Å². The van der Waals surface area contributed by atoms with Crippen LogP contribution >= 0.6 is 0 Å². The van der Waals surface area contributed by atoms with E-state index in [4.69, 9.17) is 11.2 Å². The van der Waals surface area contributed by atoms with E-state index in [1.54, 1.807) is 45.0 Å². The van der Waals surface area contributed by atoms with Gasteiger partial charge in [-0.2, -0.15) is 0 Å². The van der Waals surface area contributed by atoms with Gasteiger partial charge in [0.1, 0.15) is 17.7 Å². The lowest BCUT2D eigenvalue weighted by Crippen LogP contribution is -2.51. The van der Waals surface area contributed by atoms with Crippen LogP contribution in [0.4, 0.5) is 4.79 Å². The summed E-state index contributed by atoms with van der Waals surface area (Å²) in [6.45, 7) is 10.5. The summed E-state index contributed by atoms with van der Waals surface area (Å²) in [6.07, 6.45) is 11.7. The molecule has 33 heavy (non-hydrogen) atoms. The smallest absolute Gasteiger partial charge is 0.408 e. The van der Waals surface area contributed by atoms with Crippen molar-refractivity contribution < 1.29 is 19.1 Å². The highest BCUT2D eigenvalue weighted by atomic mass is 16.6. The predicted octanol–water partition coefficient (Wildman–Crippen LogP) is 4.15. The van der Waals surface area contributed by atoms with Crippen molar-refractivity contribution in [3.63, 3.8) is 0 Å². The van der Waals surface area contributed by atoms with Crippen LogP contribution in [0.1, 0.15) is 77.0 Å². The van der Waals surface area contributed by atoms with Crippen molar-refractivity contribution in [1.82, 2.24) is 15.5 Å². The van der Waals surface area contributed by atoms with Crippen molar-refractivity contribution >= 4 is 24.0 Å². The number of ether oxygens (including phenoxy) is 1. The molecule has 1 fully saturated rings. The Bertz CT molecular complexity index is 907. The molecule has 2 atom stereocenters. The number of rotatable bonds is 7. The fourth-order valence-electron chi connectivity index (χ4n) is 3.82. The fourth-order valence-corrected chi connectivity index (χ4v) is 3.82. The van der Waals surface area contributed by atoms with E-state index >= 15 is 0 Å². The summed E-state index contributed by atoms with van der Waals surface area (Å²) < 4.78 is 5.23. The number of carbonyl (C=O) groups excluding carboxylic acids is 3. The van der Waals surface area contributed by atoms with Crippen LogP contribution in [-0.4, -0.2) is 40.5 Å². The van der Waals surface area contributed by atoms with Crippen LogP contribution in [0.3, 0.4) is 0 Å². The lowest BCUT2D eigenvalue weighted by molar-refractivity contribution is -0.138. The first-order chi connectivity index (χ1) is 15.6. The second kappa shape index (κ2) is 11.6. The second-order valence-electron chi connectivity index (χ2n) is 9.33. The monoisotopic (exact) mass is 453 g/mol. The van der Waals surface area contributed by atoms with Gasteiger partial charge in [-0.25, -0.2) is 4.79 Å². The summed E-state index contributed by atoms with van der Waals surface area (Å²) in [5.74, 6) is -0.935. The van der Waals surface area contributed by atoms with Crippen molar-refractivity contribution in [3.8, 4) is 12.5 Å². The summed E-state index contributed by atoms with van der Waals surface area (Å²) >= 11 is 0. The van der Waals surface area contributed by atoms with E-state index in [-0.39, 0.29) is 11.9 Å². The first kappa shape index (κ1) is 26.0. The zero-order valence-corrected chi connectivity index (χ0v) is 20.0. The normalized spacial score (nSPS) is 16.0. The number of benzene rings is 1. The molecular weight excluding hydrogens is 418 g/mol. The Kier molecular flexibility index (Phi) is 9.10. The van der Waals surface area contributed by atoms with Crippen LogP contribution < -0.4 is 10.6 Å². The van der Waals surface area contributed by atoms with Gasteiger partial charge in [0.05, 0.1) is 0 Å². The summed E-state index contributed by atoms with van der Waals surface area (Å²) in [6, 6.07) is 7.53. The third-order valence-corrected chi connectivity index (χ3v) is 5.40. The average molecular weight is 454 g/mol. The quantitative estimate of drug-likeness (QED) is 0.480. The summed E-state index contributed by atoms with van der Waals surface area (Å²) in [5.41, 5.74) is 0.649. The van der Waals surface area contributed by atoms with Gasteiger partial charge >= 0.3 is 6.09 Å². The van der Waals surface area contributed by atoms with Crippen molar-refractivity contribution in [3.05, 3.63) is 42.0 Å². The Morgan fingerprint density at radius 1 is 1.24 bits per heavy atom. The van der Waals surface area contributed by atoms with Crippen LogP contribution in [-0.2, 0) is 14.3 Å². The van der Waals surface area contributed by atoms with Gasteiger partial charge in [-0.3, -0.25) is 14.5 Å². The lowest BCUT2D eigenvalue weighted by Gasteiger charge is -2.31. The van der Waals surface area contributed by atoms with Gasteiger partial charge in [-0.1, -0.05) is 56.5 Å². The lowest BCUT2D eigenvalue weighted by atomic mass is 9.94. The van der Waals surface area contributed by atoms with Crippen LogP contribution in [0.25, 0.3) is 6.08 Å². The molecule has 7 nitrogen and oxygen atoms in total. The Hall–Kier alpha value is -3.27. The Morgan fingerprint density at radius 3 is 2.48 bits per heavy atom. The van der Waals surface area contributed by atoms with Crippen molar-refractivity contribution in [2.75, 3.05) is 0 Å².